The molecule has 0 aromatic rings. The number of hydrogen-bond donors (Lipinski definition) is 1. The van der Waals surface area contributed by atoms with Crippen molar-refractivity contribution in [3.63, 3.8) is 0 Å². The molecule has 1 saturated carbocycles. The molecule has 1 aliphatic carbocycles. The van der Waals surface area contributed by atoms with Gasteiger partial charge in [0.2, 0.25) is 0 Å². The molecule has 3 nitrogen and oxygen atoms in total. The summed E-state index contributed by atoms with van der Waals surface area (Å²) in [5.41, 5.74) is 0. The molecule has 0 aliphatic heterocycles. The minimum absolute atomic E-state index is 0.498. The van der Waals surface area contributed by atoms with Gasteiger partial charge in [0.05, 0.1) is 7.11 Å². The second kappa shape index (κ2) is 4.45. The van der Waals surface area contributed by atoms with Crippen molar-refractivity contribution in [2.45, 2.75) is 38.2 Å². The Morgan fingerprint density at radius 3 is 2.67 bits per heavy atom. The number of aliphatic hydroxyl groups is 1. The topological polar surface area (TPSA) is 46.5 Å². The van der Waals surface area contributed by atoms with Crippen LogP contribution in [0.5, 0.6) is 0 Å². The maximum absolute atomic E-state index is 10.8. The summed E-state index contributed by atoms with van der Waals surface area (Å²) in [6, 6.07) is 0. The first kappa shape index (κ1) is 9.52. The third-order valence-corrected chi connectivity index (χ3v) is 2.50. The van der Waals surface area contributed by atoms with Crippen molar-refractivity contribution in [3.8, 4) is 0 Å². The summed E-state index contributed by atoms with van der Waals surface area (Å²) in [4.78, 5) is 10.8. The van der Waals surface area contributed by atoms with Gasteiger partial charge < -0.3 is 9.84 Å². The van der Waals surface area contributed by atoms with Crippen molar-refractivity contribution in [2.24, 2.45) is 5.92 Å². The van der Waals surface area contributed by atoms with E-state index in [0.717, 1.165) is 12.8 Å². The van der Waals surface area contributed by atoms with E-state index in [9.17, 15) is 9.90 Å². The number of methoxy groups -OCH3 is 1. The Hall–Kier alpha value is -0.570. The van der Waals surface area contributed by atoms with Gasteiger partial charge in [-0.3, -0.25) is 0 Å². The van der Waals surface area contributed by atoms with Gasteiger partial charge in [0.1, 0.15) is 0 Å². The average molecular weight is 172 g/mol. The van der Waals surface area contributed by atoms with E-state index >= 15 is 0 Å². The standard InChI is InChI=1S/C9H16O3/c1-12-9(11)8(10)6-7-4-2-3-5-7/h7-8,10H,2-6H2,1H3/t8-/m0/s1. The summed E-state index contributed by atoms with van der Waals surface area (Å²) < 4.78 is 4.43. The predicted molar refractivity (Wildman–Crippen MR) is 44.6 cm³/mol. The molecule has 3 heteroatoms. The number of aliphatic hydroxyl groups excluding tert-OH is 1. The number of carbonyl (C=O) groups is 1. The van der Waals surface area contributed by atoms with Gasteiger partial charge in [-0.15, -0.1) is 0 Å². The monoisotopic (exact) mass is 172 g/mol. The summed E-state index contributed by atoms with van der Waals surface area (Å²) in [7, 11) is 1.31. The van der Waals surface area contributed by atoms with Crippen LogP contribution >= 0.6 is 0 Å². The van der Waals surface area contributed by atoms with E-state index in [1.165, 1.54) is 20.0 Å². The van der Waals surface area contributed by atoms with Gasteiger partial charge >= 0.3 is 5.97 Å². The van der Waals surface area contributed by atoms with Crippen molar-refractivity contribution < 1.29 is 14.6 Å². The lowest BCUT2D eigenvalue weighted by atomic mass is 10.0. The second-order valence-corrected chi connectivity index (χ2v) is 3.43. The molecule has 1 fully saturated rings. The third kappa shape index (κ3) is 2.48. The number of carbonyl (C=O) groups excluding carboxylic acids is 1. The zero-order valence-electron chi connectivity index (χ0n) is 7.45. The van der Waals surface area contributed by atoms with Crippen LogP contribution in [0, 0.1) is 5.92 Å². The number of ether oxygens (including phenoxy) is 1. The first-order chi connectivity index (χ1) is 5.74. The van der Waals surface area contributed by atoms with Gasteiger partial charge in [-0.2, -0.15) is 0 Å². The molecular weight excluding hydrogens is 156 g/mol. The molecule has 0 spiro atoms. The quantitative estimate of drug-likeness (QED) is 0.648. The lowest BCUT2D eigenvalue weighted by Crippen LogP contribution is -2.24. The van der Waals surface area contributed by atoms with E-state index in [4.69, 9.17) is 0 Å². The van der Waals surface area contributed by atoms with Crippen LogP contribution < -0.4 is 0 Å². The van der Waals surface area contributed by atoms with Gasteiger partial charge in [-0.1, -0.05) is 25.7 Å². The summed E-state index contributed by atoms with van der Waals surface area (Å²) in [5.74, 6) is 0.0287. The Morgan fingerprint density at radius 1 is 1.58 bits per heavy atom. The second-order valence-electron chi connectivity index (χ2n) is 3.43. The molecule has 1 atom stereocenters. The van der Waals surface area contributed by atoms with Crippen LogP contribution in [0.4, 0.5) is 0 Å². The highest BCUT2D eigenvalue weighted by molar-refractivity contribution is 5.74. The molecule has 1 N–H and O–H groups in total. The van der Waals surface area contributed by atoms with E-state index < -0.39 is 12.1 Å². The molecule has 0 amide bonds. The smallest absolute Gasteiger partial charge is 0.334 e. The zero-order valence-corrected chi connectivity index (χ0v) is 7.45. The average Bonchev–Trinajstić information content (AvgIpc) is 2.55. The molecule has 1 rings (SSSR count). The zero-order chi connectivity index (χ0) is 8.97. The van der Waals surface area contributed by atoms with Crippen molar-refractivity contribution in [1.82, 2.24) is 0 Å². The van der Waals surface area contributed by atoms with Crippen LogP contribution in [0.1, 0.15) is 32.1 Å². The Bertz CT molecular complexity index is 150. The number of rotatable bonds is 3. The van der Waals surface area contributed by atoms with E-state index in [1.807, 2.05) is 0 Å². The van der Waals surface area contributed by atoms with E-state index in [2.05, 4.69) is 4.74 Å². The fourth-order valence-corrected chi connectivity index (χ4v) is 1.79. The molecule has 0 heterocycles. The molecule has 1 aliphatic rings. The first-order valence-electron chi connectivity index (χ1n) is 4.50. The molecule has 0 aromatic heterocycles. The molecular formula is C9H16O3. The normalized spacial score (nSPS) is 20.8. The summed E-state index contributed by atoms with van der Waals surface area (Å²) in [5, 5.41) is 9.30. The van der Waals surface area contributed by atoms with Gasteiger partial charge in [0.15, 0.2) is 6.10 Å². The van der Waals surface area contributed by atoms with E-state index in [0.29, 0.717) is 12.3 Å². The summed E-state index contributed by atoms with van der Waals surface area (Å²) >= 11 is 0. The van der Waals surface area contributed by atoms with Crippen LogP contribution in [0.3, 0.4) is 0 Å². The fourth-order valence-electron chi connectivity index (χ4n) is 1.79. The summed E-state index contributed by atoms with van der Waals surface area (Å²) in [6.07, 6.45) is 4.43. The van der Waals surface area contributed by atoms with Crippen LogP contribution in [-0.2, 0) is 9.53 Å². The molecule has 0 bridgehead atoms. The SMILES string of the molecule is COC(=O)[C@@H](O)CC1CCCC1. The molecule has 12 heavy (non-hydrogen) atoms. The molecule has 0 unspecified atom stereocenters. The molecule has 0 saturated heterocycles. The Morgan fingerprint density at radius 2 is 2.17 bits per heavy atom. The minimum Gasteiger partial charge on any atom is -0.467 e. The molecule has 0 radical (unpaired) electrons. The van der Waals surface area contributed by atoms with Crippen LogP contribution in [0.15, 0.2) is 0 Å². The van der Waals surface area contributed by atoms with Gasteiger partial charge in [-0.05, 0) is 12.3 Å². The molecule has 70 valence electrons. The lowest BCUT2D eigenvalue weighted by molar-refractivity contribution is -0.151. The first-order valence-corrected chi connectivity index (χ1v) is 4.50. The Labute approximate surface area is 72.7 Å². The van der Waals surface area contributed by atoms with Crippen molar-refractivity contribution in [3.05, 3.63) is 0 Å². The summed E-state index contributed by atoms with van der Waals surface area (Å²) in [6.45, 7) is 0. The van der Waals surface area contributed by atoms with Gasteiger partial charge in [0.25, 0.3) is 0 Å². The van der Waals surface area contributed by atoms with Crippen LogP contribution in [-0.4, -0.2) is 24.3 Å². The van der Waals surface area contributed by atoms with Crippen molar-refractivity contribution >= 4 is 5.97 Å². The van der Waals surface area contributed by atoms with Crippen molar-refractivity contribution in [2.75, 3.05) is 7.11 Å². The van der Waals surface area contributed by atoms with Crippen LogP contribution in [0.2, 0.25) is 0 Å². The number of esters is 1. The predicted octanol–water partition coefficient (Wildman–Crippen LogP) is 1.10. The van der Waals surface area contributed by atoms with Gasteiger partial charge in [-0.25, -0.2) is 4.79 Å². The highest BCUT2D eigenvalue weighted by Crippen LogP contribution is 2.28. The lowest BCUT2D eigenvalue weighted by Gasteiger charge is -2.12. The highest BCUT2D eigenvalue weighted by atomic mass is 16.5. The highest BCUT2D eigenvalue weighted by Gasteiger charge is 2.23. The number of hydrogen-bond acceptors (Lipinski definition) is 3. The van der Waals surface area contributed by atoms with Gasteiger partial charge in [0, 0.05) is 0 Å². The van der Waals surface area contributed by atoms with E-state index in [-0.39, 0.29) is 0 Å². The van der Waals surface area contributed by atoms with E-state index in [1.54, 1.807) is 0 Å². The largest absolute Gasteiger partial charge is 0.467 e. The third-order valence-electron chi connectivity index (χ3n) is 2.50. The Kier molecular flexibility index (Phi) is 3.53. The Balaban J connectivity index is 2.24. The fraction of sp³-hybridized carbons (Fsp3) is 0.889. The minimum atomic E-state index is -0.905. The molecule has 0 aromatic carbocycles. The van der Waals surface area contributed by atoms with Crippen LogP contribution in [0.25, 0.3) is 0 Å². The van der Waals surface area contributed by atoms with Crippen molar-refractivity contribution in [1.29, 1.82) is 0 Å². The maximum atomic E-state index is 10.8. The maximum Gasteiger partial charge on any atom is 0.334 e.